The molecule has 1 atom stereocenters. The number of amides is 1. The molecule has 1 unspecified atom stereocenters. The van der Waals surface area contributed by atoms with Gasteiger partial charge in [-0.15, -0.1) is 0 Å². The molecular formula is C19H22N2O3. The summed E-state index contributed by atoms with van der Waals surface area (Å²) in [4.78, 5) is 12.3. The lowest BCUT2D eigenvalue weighted by Gasteiger charge is -2.24. The lowest BCUT2D eigenvalue weighted by Crippen LogP contribution is -2.33. The normalized spacial score (nSPS) is 17.3. The van der Waals surface area contributed by atoms with E-state index >= 15 is 0 Å². The Balaban J connectivity index is 1.61. The quantitative estimate of drug-likeness (QED) is 0.887. The maximum atomic E-state index is 12.3. The van der Waals surface area contributed by atoms with Gasteiger partial charge in [0.25, 0.3) is 5.91 Å². The number of morpholine rings is 1. The van der Waals surface area contributed by atoms with Crippen molar-refractivity contribution >= 4 is 11.6 Å². The monoisotopic (exact) mass is 326 g/mol. The van der Waals surface area contributed by atoms with Crippen molar-refractivity contribution in [1.29, 1.82) is 0 Å². The Hall–Kier alpha value is -2.37. The Kier molecular flexibility index (Phi) is 5.46. The predicted octanol–water partition coefficient (Wildman–Crippen LogP) is 3.00. The highest BCUT2D eigenvalue weighted by Crippen LogP contribution is 2.21. The van der Waals surface area contributed by atoms with Crippen LogP contribution in [0.4, 0.5) is 5.69 Å². The fourth-order valence-electron chi connectivity index (χ4n) is 2.63. The van der Waals surface area contributed by atoms with E-state index in [4.69, 9.17) is 9.47 Å². The summed E-state index contributed by atoms with van der Waals surface area (Å²) in [6.45, 7) is 4.97. The van der Waals surface area contributed by atoms with Crippen LogP contribution >= 0.6 is 0 Å². The van der Waals surface area contributed by atoms with E-state index in [9.17, 15) is 4.79 Å². The fourth-order valence-corrected chi connectivity index (χ4v) is 2.63. The number of carbonyl (C=O) groups excluding carboxylic acids is 1. The Morgan fingerprint density at radius 2 is 1.96 bits per heavy atom. The maximum Gasteiger partial charge on any atom is 0.255 e. The molecule has 24 heavy (non-hydrogen) atoms. The van der Waals surface area contributed by atoms with Crippen LogP contribution in [-0.2, 0) is 4.74 Å². The van der Waals surface area contributed by atoms with E-state index in [1.54, 1.807) is 24.3 Å². The third kappa shape index (κ3) is 4.13. The van der Waals surface area contributed by atoms with Crippen LogP contribution < -0.4 is 15.4 Å². The van der Waals surface area contributed by atoms with Crippen molar-refractivity contribution in [3.8, 4) is 5.75 Å². The maximum absolute atomic E-state index is 12.3. The van der Waals surface area contributed by atoms with E-state index in [0.29, 0.717) is 12.2 Å². The molecule has 1 saturated heterocycles. The van der Waals surface area contributed by atoms with Crippen LogP contribution in [0.3, 0.4) is 0 Å². The van der Waals surface area contributed by atoms with Gasteiger partial charge in [-0.05, 0) is 48.9 Å². The topological polar surface area (TPSA) is 59.6 Å². The molecule has 5 heteroatoms. The van der Waals surface area contributed by atoms with Crippen LogP contribution in [-0.4, -0.2) is 32.2 Å². The lowest BCUT2D eigenvalue weighted by molar-refractivity contribution is 0.0277. The van der Waals surface area contributed by atoms with Gasteiger partial charge < -0.3 is 20.1 Å². The highest BCUT2D eigenvalue weighted by Gasteiger charge is 2.15. The number of hydrogen-bond acceptors (Lipinski definition) is 4. The van der Waals surface area contributed by atoms with E-state index in [0.717, 1.165) is 36.7 Å². The van der Waals surface area contributed by atoms with Crippen molar-refractivity contribution in [2.75, 3.05) is 31.6 Å². The SMILES string of the molecule is CCOc1ccc(C(=O)Nc2ccc(C3CNCCO3)cc2)cc1. The molecule has 3 rings (SSSR count). The third-order valence-electron chi connectivity index (χ3n) is 3.90. The molecule has 0 radical (unpaired) electrons. The van der Waals surface area contributed by atoms with Crippen molar-refractivity contribution in [2.24, 2.45) is 0 Å². The van der Waals surface area contributed by atoms with Crippen LogP contribution in [0.2, 0.25) is 0 Å². The molecule has 1 aliphatic heterocycles. The van der Waals surface area contributed by atoms with Crippen LogP contribution in [0.15, 0.2) is 48.5 Å². The van der Waals surface area contributed by atoms with Crippen molar-refractivity contribution in [3.05, 3.63) is 59.7 Å². The minimum absolute atomic E-state index is 0.0783. The molecule has 2 aromatic rings. The van der Waals surface area contributed by atoms with Crippen molar-refractivity contribution in [1.82, 2.24) is 5.32 Å². The van der Waals surface area contributed by atoms with Gasteiger partial charge in [-0.1, -0.05) is 12.1 Å². The molecule has 0 aliphatic carbocycles. The standard InChI is InChI=1S/C19H22N2O3/c1-2-23-17-9-5-15(6-10-17)19(22)21-16-7-3-14(4-8-16)18-13-20-11-12-24-18/h3-10,18,20H,2,11-13H2,1H3,(H,21,22). The molecule has 0 bridgehead atoms. The van der Waals surface area contributed by atoms with Gasteiger partial charge in [0.05, 0.1) is 19.3 Å². The first-order chi connectivity index (χ1) is 11.8. The average molecular weight is 326 g/mol. The summed E-state index contributed by atoms with van der Waals surface area (Å²) in [5, 5.41) is 6.21. The van der Waals surface area contributed by atoms with E-state index < -0.39 is 0 Å². The number of carbonyl (C=O) groups is 1. The minimum atomic E-state index is -0.138. The van der Waals surface area contributed by atoms with Gasteiger partial charge in [-0.25, -0.2) is 0 Å². The zero-order valence-corrected chi connectivity index (χ0v) is 13.7. The predicted molar refractivity (Wildman–Crippen MR) is 93.6 cm³/mol. The molecule has 1 heterocycles. The van der Waals surface area contributed by atoms with Gasteiger partial charge in [-0.3, -0.25) is 4.79 Å². The highest BCUT2D eigenvalue weighted by atomic mass is 16.5. The number of benzene rings is 2. The summed E-state index contributed by atoms with van der Waals surface area (Å²) in [6, 6.07) is 14.9. The number of rotatable bonds is 5. The summed E-state index contributed by atoms with van der Waals surface area (Å²) in [7, 11) is 0. The summed E-state index contributed by atoms with van der Waals surface area (Å²) < 4.78 is 11.1. The van der Waals surface area contributed by atoms with E-state index in [1.165, 1.54) is 0 Å². The smallest absolute Gasteiger partial charge is 0.255 e. The van der Waals surface area contributed by atoms with E-state index in [1.807, 2.05) is 31.2 Å². The first kappa shape index (κ1) is 16.5. The highest BCUT2D eigenvalue weighted by molar-refractivity contribution is 6.04. The van der Waals surface area contributed by atoms with Crippen molar-refractivity contribution in [2.45, 2.75) is 13.0 Å². The second-order valence-electron chi connectivity index (χ2n) is 5.60. The van der Waals surface area contributed by atoms with Gasteiger partial charge in [-0.2, -0.15) is 0 Å². The number of hydrogen-bond donors (Lipinski definition) is 2. The molecule has 0 aromatic heterocycles. The fraction of sp³-hybridized carbons (Fsp3) is 0.316. The first-order valence-corrected chi connectivity index (χ1v) is 8.23. The van der Waals surface area contributed by atoms with Gasteiger partial charge in [0.15, 0.2) is 0 Å². The second kappa shape index (κ2) is 7.95. The molecule has 0 spiro atoms. The van der Waals surface area contributed by atoms with Gasteiger partial charge in [0.2, 0.25) is 0 Å². The van der Waals surface area contributed by atoms with Crippen LogP contribution in [0.25, 0.3) is 0 Å². The van der Waals surface area contributed by atoms with Gasteiger partial charge in [0, 0.05) is 24.3 Å². The van der Waals surface area contributed by atoms with E-state index in [2.05, 4.69) is 10.6 Å². The Morgan fingerprint density at radius 3 is 2.58 bits per heavy atom. The minimum Gasteiger partial charge on any atom is -0.494 e. The zero-order valence-electron chi connectivity index (χ0n) is 13.7. The van der Waals surface area contributed by atoms with Crippen LogP contribution in [0.1, 0.15) is 28.9 Å². The third-order valence-corrected chi connectivity index (χ3v) is 3.90. The Bertz CT molecular complexity index is 662. The summed E-state index contributed by atoms with van der Waals surface area (Å²) in [5.74, 6) is 0.626. The average Bonchev–Trinajstić information content (AvgIpc) is 2.64. The molecular weight excluding hydrogens is 304 g/mol. The van der Waals surface area contributed by atoms with Gasteiger partial charge >= 0.3 is 0 Å². The molecule has 5 nitrogen and oxygen atoms in total. The van der Waals surface area contributed by atoms with Crippen LogP contribution in [0.5, 0.6) is 5.75 Å². The number of nitrogens with one attached hydrogen (secondary N) is 2. The summed E-state index contributed by atoms with van der Waals surface area (Å²) in [6.07, 6.45) is 0.0783. The Morgan fingerprint density at radius 1 is 1.21 bits per heavy atom. The number of anilines is 1. The van der Waals surface area contributed by atoms with Gasteiger partial charge in [0.1, 0.15) is 5.75 Å². The zero-order chi connectivity index (χ0) is 16.8. The largest absolute Gasteiger partial charge is 0.494 e. The first-order valence-electron chi connectivity index (χ1n) is 8.23. The van der Waals surface area contributed by atoms with E-state index in [-0.39, 0.29) is 12.0 Å². The molecule has 1 amide bonds. The molecule has 126 valence electrons. The second-order valence-corrected chi connectivity index (χ2v) is 5.60. The lowest BCUT2D eigenvalue weighted by atomic mass is 10.1. The molecule has 2 N–H and O–H groups in total. The number of ether oxygens (including phenoxy) is 2. The van der Waals surface area contributed by atoms with Crippen LogP contribution in [0, 0.1) is 0 Å². The Labute approximate surface area is 142 Å². The molecule has 1 aliphatic rings. The molecule has 2 aromatic carbocycles. The summed E-state index contributed by atoms with van der Waals surface area (Å²) >= 11 is 0. The molecule has 1 fully saturated rings. The van der Waals surface area contributed by atoms with Crippen molar-refractivity contribution in [3.63, 3.8) is 0 Å². The summed E-state index contributed by atoms with van der Waals surface area (Å²) in [5.41, 5.74) is 2.48. The molecule has 0 saturated carbocycles. The van der Waals surface area contributed by atoms with Crippen molar-refractivity contribution < 1.29 is 14.3 Å².